The molecule has 106 valence electrons. The number of nitrogens with zero attached hydrogens (tertiary/aromatic N) is 1. The highest BCUT2D eigenvalue weighted by atomic mass is 32.2. The van der Waals surface area contributed by atoms with Crippen LogP contribution in [0.25, 0.3) is 0 Å². The predicted octanol–water partition coefficient (Wildman–Crippen LogP) is 2.09. The van der Waals surface area contributed by atoms with E-state index in [1.807, 2.05) is 31.2 Å². The second-order valence-electron chi connectivity index (χ2n) is 5.25. The number of rotatable bonds is 3. The van der Waals surface area contributed by atoms with Gasteiger partial charge in [-0.05, 0) is 24.0 Å². The number of hydrogen-bond acceptors (Lipinski definition) is 3. The molecule has 1 heterocycles. The molecule has 1 fully saturated rings. The van der Waals surface area contributed by atoms with Crippen molar-refractivity contribution in [1.29, 1.82) is 0 Å². The van der Waals surface area contributed by atoms with Gasteiger partial charge < -0.3 is 10.0 Å². The third-order valence-corrected chi connectivity index (χ3v) is 5.59. The molecular formula is C15H17NO3S. The van der Waals surface area contributed by atoms with E-state index in [1.54, 1.807) is 16.7 Å². The second-order valence-corrected chi connectivity index (χ2v) is 6.46. The van der Waals surface area contributed by atoms with Gasteiger partial charge in [-0.3, -0.25) is 4.79 Å². The molecule has 1 N–H and O–H groups in total. The van der Waals surface area contributed by atoms with Crippen LogP contribution in [0.1, 0.15) is 30.4 Å². The minimum Gasteiger partial charge on any atom is -0.480 e. The molecule has 0 bridgehead atoms. The summed E-state index contributed by atoms with van der Waals surface area (Å²) < 4.78 is 0. The van der Waals surface area contributed by atoms with Gasteiger partial charge in [0.1, 0.15) is 6.04 Å². The molecule has 1 aromatic carbocycles. The summed E-state index contributed by atoms with van der Waals surface area (Å²) in [5, 5.41) is 9.30. The molecule has 1 aliphatic carbocycles. The van der Waals surface area contributed by atoms with E-state index in [0.717, 1.165) is 18.4 Å². The molecule has 0 saturated carbocycles. The Morgan fingerprint density at radius 1 is 1.40 bits per heavy atom. The zero-order chi connectivity index (χ0) is 14.3. The number of fused-ring (bicyclic) bond motifs is 1. The van der Waals surface area contributed by atoms with E-state index < -0.39 is 12.0 Å². The lowest BCUT2D eigenvalue weighted by Gasteiger charge is -2.35. The summed E-state index contributed by atoms with van der Waals surface area (Å²) in [6.07, 6.45) is 1.52. The monoisotopic (exact) mass is 291 g/mol. The van der Waals surface area contributed by atoms with Gasteiger partial charge in [-0.1, -0.05) is 31.2 Å². The van der Waals surface area contributed by atoms with Gasteiger partial charge in [0.05, 0.1) is 11.3 Å². The SMILES string of the molecule is CCC1SCC(C(=O)O)N1C(=O)C1Cc2ccccc21. The molecule has 2 aliphatic rings. The quantitative estimate of drug-likeness (QED) is 0.926. The minimum absolute atomic E-state index is 0.00337. The topological polar surface area (TPSA) is 57.6 Å². The predicted molar refractivity (Wildman–Crippen MR) is 77.7 cm³/mol. The normalized spacial score (nSPS) is 27.9. The Bertz CT molecular complexity index is 560. The van der Waals surface area contributed by atoms with E-state index in [-0.39, 0.29) is 17.2 Å². The lowest BCUT2D eigenvalue weighted by atomic mass is 9.76. The standard InChI is InChI=1S/C15H17NO3S/c1-2-13-16(12(8-20-13)15(18)19)14(17)11-7-9-5-3-4-6-10(9)11/h3-6,11-13H,2,7-8H2,1H3,(H,18,19). The molecule has 1 aromatic rings. The first-order valence-corrected chi connectivity index (χ1v) is 7.92. The number of thioether (sulfide) groups is 1. The fourth-order valence-electron chi connectivity index (χ4n) is 3.02. The highest BCUT2D eigenvalue weighted by molar-refractivity contribution is 8.00. The van der Waals surface area contributed by atoms with Crippen molar-refractivity contribution in [2.75, 3.05) is 5.75 Å². The van der Waals surface area contributed by atoms with Crippen molar-refractivity contribution >= 4 is 23.6 Å². The highest BCUT2D eigenvalue weighted by Crippen LogP contribution is 2.40. The molecule has 0 aromatic heterocycles. The lowest BCUT2D eigenvalue weighted by molar-refractivity contribution is -0.150. The van der Waals surface area contributed by atoms with Crippen molar-refractivity contribution in [3.63, 3.8) is 0 Å². The molecule has 3 atom stereocenters. The Morgan fingerprint density at radius 2 is 2.15 bits per heavy atom. The number of hydrogen-bond donors (Lipinski definition) is 1. The first kappa shape index (κ1) is 13.5. The third kappa shape index (κ3) is 2.00. The molecule has 0 radical (unpaired) electrons. The van der Waals surface area contributed by atoms with E-state index in [2.05, 4.69) is 0 Å². The van der Waals surface area contributed by atoms with Crippen molar-refractivity contribution in [1.82, 2.24) is 4.90 Å². The fourth-order valence-corrected chi connectivity index (χ4v) is 4.38. The summed E-state index contributed by atoms with van der Waals surface area (Å²) in [6.45, 7) is 2.00. The number of carboxylic acids is 1. The number of aliphatic carboxylic acids is 1. The van der Waals surface area contributed by atoms with Gasteiger partial charge in [0.15, 0.2) is 0 Å². The van der Waals surface area contributed by atoms with E-state index in [1.165, 1.54) is 5.56 Å². The summed E-state index contributed by atoms with van der Waals surface area (Å²) in [5.41, 5.74) is 2.27. The van der Waals surface area contributed by atoms with Gasteiger partial charge >= 0.3 is 5.97 Å². The number of benzene rings is 1. The summed E-state index contributed by atoms with van der Waals surface area (Å²) in [6, 6.07) is 7.24. The molecule has 20 heavy (non-hydrogen) atoms. The Hall–Kier alpha value is -1.49. The van der Waals surface area contributed by atoms with Crippen LogP contribution >= 0.6 is 11.8 Å². The van der Waals surface area contributed by atoms with Crippen LogP contribution in [-0.2, 0) is 16.0 Å². The lowest BCUT2D eigenvalue weighted by Crippen LogP contribution is -2.49. The molecule has 0 spiro atoms. The number of carbonyl (C=O) groups excluding carboxylic acids is 1. The zero-order valence-electron chi connectivity index (χ0n) is 11.3. The molecule has 3 rings (SSSR count). The van der Waals surface area contributed by atoms with Gasteiger partial charge in [-0.25, -0.2) is 4.79 Å². The number of carboxylic acid groups (broad SMARTS) is 1. The van der Waals surface area contributed by atoms with Crippen LogP contribution in [-0.4, -0.2) is 39.1 Å². The number of amides is 1. The van der Waals surface area contributed by atoms with Crippen LogP contribution in [0.3, 0.4) is 0 Å². The molecule has 3 unspecified atom stereocenters. The summed E-state index contributed by atoms with van der Waals surface area (Å²) >= 11 is 1.57. The summed E-state index contributed by atoms with van der Waals surface area (Å²) in [5.74, 6) is -0.573. The molecule has 5 heteroatoms. The van der Waals surface area contributed by atoms with Crippen molar-refractivity contribution in [2.24, 2.45) is 0 Å². The van der Waals surface area contributed by atoms with E-state index >= 15 is 0 Å². The van der Waals surface area contributed by atoms with Gasteiger partial charge in [-0.15, -0.1) is 11.8 Å². The largest absolute Gasteiger partial charge is 0.480 e. The Morgan fingerprint density at radius 3 is 2.80 bits per heavy atom. The average molecular weight is 291 g/mol. The van der Waals surface area contributed by atoms with Crippen molar-refractivity contribution < 1.29 is 14.7 Å². The molecule has 1 aliphatic heterocycles. The molecule has 4 nitrogen and oxygen atoms in total. The zero-order valence-corrected chi connectivity index (χ0v) is 12.1. The molecule has 1 saturated heterocycles. The minimum atomic E-state index is -0.894. The van der Waals surface area contributed by atoms with Crippen LogP contribution < -0.4 is 0 Å². The van der Waals surface area contributed by atoms with Crippen LogP contribution in [0.2, 0.25) is 0 Å². The van der Waals surface area contributed by atoms with Crippen molar-refractivity contribution in [3.05, 3.63) is 35.4 Å². The smallest absolute Gasteiger partial charge is 0.327 e. The first-order valence-electron chi connectivity index (χ1n) is 6.88. The van der Waals surface area contributed by atoms with Crippen molar-refractivity contribution in [2.45, 2.75) is 37.1 Å². The maximum Gasteiger partial charge on any atom is 0.327 e. The first-order chi connectivity index (χ1) is 9.63. The van der Waals surface area contributed by atoms with Crippen LogP contribution in [0, 0.1) is 0 Å². The van der Waals surface area contributed by atoms with E-state index in [0.29, 0.717) is 5.75 Å². The van der Waals surface area contributed by atoms with Gasteiger partial charge in [0, 0.05) is 5.75 Å². The van der Waals surface area contributed by atoms with Crippen molar-refractivity contribution in [3.8, 4) is 0 Å². The maximum atomic E-state index is 12.7. The van der Waals surface area contributed by atoms with Gasteiger partial charge in [-0.2, -0.15) is 0 Å². The summed E-state index contributed by atoms with van der Waals surface area (Å²) in [4.78, 5) is 25.7. The summed E-state index contributed by atoms with van der Waals surface area (Å²) in [7, 11) is 0. The Kier molecular flexibility index (Phi) is 3.46. The highest BCUT2D eigenvalue weighted by Gasteiger charge is 2.45. The average Bonchev–Trinajstić information content (AvgIpc) is 2.84. The Balaban J connectivity index is 1.84. The van der Waals surface area contributed by atoms with Gasteiger partial charge in [0.2, 0.25) is 5.91 Å². The number of carbonyl (C=O) groups is 2. The fraction of sp³-hybridized carbons (Fsp3) is 0.467. The molecule has 1 amide bonds. The molecular weight excluding hydrogens is 274 g/mol. The van der Waals surface area contributed by atoms with Crippen LogP contribution in [0.15, 0.2) is 24.3 Å². The van der Waals surface area contributed by atoms with Crippen LogP contribution in [0.4, 0.5) is 0 Å². The van der Waals surface area contributed by atoms with Crippen LogP contribution in [0.5, 0.6) is 0 Å². The third-order valence-electron chi connectivity index (χ3n) is 4.13. The van der Waals surface area contributed by atoms with Gasteiger partial charge in [0.25, 0.3) is 0 Å². The second kappa shape index (κ2) is 5.13. The Labute approximate surface area is 122 Å². The van der Waals surface area contributed by atoms with E-state index in [4.69, 9.17) is 0 Å². The maximum absolute atomic E-state index is 12.7. The van der Waals surface area contributed by atoms with E-state index in [9.17, 15) is 14.7 Å².